The molecule has 7 nitrogen and oxygen atoms in total. The molecule has 128 valence electrons. The smallest absolute Gasteiger partial charge is 0.335 e. The summed E-state index contributed by atoms with van der Waals surface area (Å²) in [7, 11) is -1.96. The molecule has 0 aliphatic carbocycles. The first-order valence-electron chi connectivity index (χ1n) is 7.43. The zero-order valence-electron chi connectivity index (χ0n) is 13.2. The van der Waals surface area contributed by atoms with Gasteiger partial charge in [0.15, 0.2) is 0 Å². The largest absolute Gasteiger partial charge is 0.478 e. The number of methoxy groups -OCH3 is 1. The molecule has 1 aliphatic rings. The number of hydrogen-bond acceptors (Lipinski definition) is 4. The van der Waals surface area contributed by atoms with Gasteiger partial charge in [-0.25, -0.2) is 4.79 Å². The SMILES string of the molecule is COCC1CCN(S(=O)(=O)N[C@@H](C)c2ccc(C(=O)O)cc2)C1. The topological polar surface area (TPSA) is 95.9 Å². The van der Waals surface area contributed by atoms with Crippen molar-refractivity contribution in [2.75, 3.05) is 26.8 Å². The van der Waals surface area contributed by atoms with Crippen molar-refractivity contribution in [1.82, 2.24) is 9.03 Å². The quantitative estimate of drug-likeness (QED) is 0.777. The van der Waals surface area contributed by atoms with Gasteiger partial charge in [-0.3, -0.25) is 0 Å². The zero-order valence-corrected chi connectivity index (χ0v) is 14.0. The molecule has 0 radical (unpaired) electrons. The van der Waals surface area contributed by atoms with E-state index in [-0.39, 0.29) is 11.5 Å². The summed E-state index contributed by atoms with van der Waals surface area (Å²) < 4.78 is 34.0. The number of rotatable bonds is 7. The summed E-state index contributed by atoms with van der Waals surface area (Å²) in [4.78, 5) is 10.8. The van der Waals surface area contributed by atoms with Gasteiger partial charge in [0.2, 0.25) is 0 Å². The van der Waals surface area contributed by atoms with Crippen LogP contribution >= 0.6 is 0 Å². The maximum absolute atomic E-state index is 12.4. The Morgan fingerprint density at radius 2 is 2.09 bits per heavy atom. The van der Waals surface area contributed by atoms with Crippen molar-refractivity contribution in [3.63, 3.8) is 0 Å². The van der Waals surface area contributed by atoms with Gasteiger partial charge in [0.1, 0.15) is 0 Å². The first-order chi connectivity index (χ1) is 10.8. The molecule has 0 bridgehead atoms. The van der Waals surface area contributed by atoms with Gasteiger partial charge in [-0.15, -0.1) is 0 Å². The Morgan fingerprint density at radius 3 is 2.65 bits per heavy atom. The van der Waals surface area contributed by atoms with Crippen LogP contribution in [0.15, 0.2) is 24.3 Å². The molecule has 1 heterocycles. The molecule has 23 heavy (non-hydrogen) atoms. The molecule has 2 rings (SSSR count). The van der Waals surface area contributed by atoms with Gasteiger partial charge >= 0.3 is 5.97 Å². The molecule has 0 spiro atoms. The Morgan fingerprint density at radius 1 is 1.43 bits per heavy atom. The predicted molar refractivity (Wildman–Crippen MR) is 85.4 cm³/mol. The van der Waals surface area contributed by atoms with Crippen LogP contribution in [0.1, 0.15) is 35.3 Å². The van der Waals surface area contributed by atoms with E-state index in [1.165, 1.54) is 16.4 Å². The van der Waals surface area contributed by atoms with Crippen LogP contribution in [-0.4, -0.2) is 50.6 Å². The first kappa shape index (κ1) is 17.9. The Labute approximate surface area is 136 Å². The molecular formula is C15H22N2O5S. The lowest BCUT2D eigenvalue weighted by Crippen LogP contribution is -2.40. The van der Waals surface area contributed by atoms with E-state index in [0.717, 1.165) is 6.42 Å². The fraction of sp³-hybridized carbons (Fsp3) is 0.533. The molecule has 0 amide bonds. The second-order valence-electron chi connectivity index (χ2n) is 5.74. The van der Waals surface area contributed by atoms with Crippen LogP contribution in [0.25, 0.3) is 0 Å². The standard InChI is InChI=1S/C15H22N2O5S/c1-11(13-3-5-14(6-4-13)15(18)19)16-23(20,21)17-8-7-12(9-17)10-22-2/h3-6,11-12,16H,7-10H2,1-2H3,(H,18,19)/t11-,12?/m0/s1. The van der Waals surface area contributed by atoms with E-state index in [9.17, 15) is 13.2 Å². The van der Waals surface area contributed by atoms with E-state index in [0.29, 0.717) is 25.3 Å². The fourth-order valence-corrected chi connectivity index (χ4v) is 4.15. The highest BCUT2D eigenvalue weighted by molar-refractivity contribution is 7.87. The van der Waals surface area contributed by atoms with Gasteiger partial charge in [-0.1, -0.05) is 12.1 Å². The van der Waals surface area contributed by atoms with Crippen molar-refractivity contribution in [1.29, 1.82) is 0 Å². The fourth-order valence-electron chi connectivity index (χ4n) is 2.67. The van der Waals surface area contributed by atoms with Crippen LogP contribution < -0.4 is 4.72 Å². The number of benzene rings is 1. The third-order valence-electron chi connectivity index (χ3n) is 3.97. The van der Waals surface area contributed by atoms with Crippen molar-refractivity contribution in [3.05, 3.63) is 35.4 Å². The van der Waals surface area contributed by atoms with Crippen LogP contribution in [0.5, 0.6) is 0 Å². The lowest BCUT2D eigenvalue weighted by atomic mass is 10.1. The Balaban J connectivity index is 2.01. The third-order valence-corrected chi connectivity index (χ3v) is 5.64. The Kier molecular flexibility index (Phi) is 5.74. The third kappa shape index (κ3) is 4.51. The van der Waals surface area contributed by atoms with E-state index < -0.39 is 22.2 Å². The van der Waals surface area contributed by atoms with Gasteiger partial charge in [0, 0.05) is 26.2 Å². The number of nitrogens with zero attached hydrogens (tertiary/aromatic N) is 1. The molecule has 2 N–H and O–H groups in total. The van der Waals surface area contributed by atoms with Crippen molar-refractivity contribution in [2.45, 2.75) is 19.4 Å². The van der Waals surface area contributed by atoms with Crippen LogP contribution in [0, 0.1) is 5.92 Å². The van der Waals surface area contributed by atoms with E-state index in [4.69, 9.17) is 9.84 Å². The maximum Gasteiger partial charge on any atom is 0.335 e. The molecule has 0 saturated carbocycles. The number of carbonyl (C=O) groups is 1. The molecular weight excluding hydrogens is 320 g/mol. The summed E-state index contributed by atoms with van der Waals surface area (Å²) in [6.45, 7) is 3.22. The summed E-state index contributed by atoms with van der Waals surface area (Å²) in [5.74, 6) is -0.784. The number of ether oxygens (including phenoxy) is 1. The molecule has 1 aliphatic heterocycles. The molecule has 1 saturated heterocycles. The van der Waals surface area contributed by atoms with Crippen LogP contribution in [-0.2, 0) is 14.9 Å². The summed E-state index contributed by atoms with van der Waals surface area (Å²) in [5.41, 5.74) is 0.886. The van der Waals surface area contributed by atoms with E-state index >= 15 is 0 Å². The summed E-state index contributed by atoms with van der Waals surface area (Å²) >= 11 is 0. The lowest BCUT2D eigenvalue weighted by Gasteiger charge is -2.21. The van der Waals surface area contributed by atoms with E-state index in [1.54, 1.807) is 26.2 Å². The van der Waals surface area contributed by atoms with Crippen molar-refractivity contribution in [3.8, 4) is 0 Å². The molecule has 1 fully saturated rings. The predicted octanol–water partition coefficient (Wildman–Crippen LogP) is 1.25. The van der Waals surface area contributed by atoms with Gasteiger partial charge in [-0.2, -0.15) is 17.4 Å². The van der Waals surface area contributed by atoms with Gasteiger partial charge in [0.25, 0.3) is 10.2 Å². The number of carboxylic acids is 1. The van der Waals surface area contributed by atoms with E-state index in [2.05, 4.69) is 4.72 Å². The normalized spacial score (nSPS) is 20.5. The average Bonchev–Trinajstić information content (AvgIpc) is 2.97. The second-order valence-corrected chi connectivity index (χ2v) is 7.44. The first-order valence-corrected chi connectivity index (χ1v) is 8.87. The van der Waals surface area contributed by atoms with Crippen molar-refractivity contribution in [2.24, 2.45) is 5.92 Å². The highest BCUT2D eigenvalue weighted by Crippen LogP contribution is 2.21. The van der Waals surface area contributed by atoms with Gasteiger partial charge < -0.3 is 9.84 Å². The minimum Gasteiger partial charge on any atom is -0.478 e. The van der Waals surface area contributed by atoms with Gasteiger partial charge in [0.05, 0.1) is 12.2 Å². The van der Waals surface area contributed by atoms with Crippen molar-refractivity contribution < 1.29 is 23.1 Å². The highest BCUT2D eigenvalue weighted by atomic mass is 32.2. The molecule has 1 aromatic rings. The average molecular weight is 342 g/mol. The van der Waals surface area contributed by atoms with Crippen LogP contribution in [0.3, 0.4) is 0 Å². The van der Waals surface area contributed by atoms with Crippen molar-refractivity contribution >= 4 is 16.2 Å². The molecule has 2 atom stereocenters. The highest BCUT2D eigenvalue weighted by Gasteiger charge is 2.32. The summed E-state index contributed by atoms with van der Waals surface area (Å²) in [6.07, 6.45) is 0.788. The minimum absolute atomic E-state index is 0.172. The van der Waals surface area contributed by atoms with Gasteiger partial charge in [-0.05, 0) is 37.0 Å². The van der Waals surface area contributed by atoms with Crippen LogP contribution in [0.2, 0.25) is 0 Å². The van der Waals surface area contributed by atoms with E-state index in [1.807, 2.05) is 0 Å². The number of aromatic carboxylic acids is 1. The Bertz CT molecular complexity index is 644. The number of hydrogen-bond donors (Lipinski definition) is 2. The molecule has 1 aromatic carbocycles. The maximum atomic E-state index is 12.4. The minimum atomic E-state index is -3.57. The number of nitrogens with one attached hydrogen (secondary N) is 1. The van der Waals surface area contributed by atoms with Crippen LogP contribution in [0.4, 0.5) is 0 Å². The zero-order chi connectivity index (χ0) is 17.0. The summed E-state index contributed by atoms with van der Waals surface area (Å²) in [5, 5.41) is 8.88. The molecule has 1 unspecified atom stereocenters. The monoisotopic (exact) mass is 342 g/mol. The summed E-state index contributed by atoms with van der Waals surface area (Å²) in [6, 6.07) is 5.73. The molecule has 0 aromatic heterocycles. The lowest BCUT2D eigenvalue weighted by molar-refractivity contribution is 0.0697. The Hall–Kier alpha value is -1.48. The molecule has 8 heteroatoms. The second kappa shape index (κ2) is 7.39. The number of carboxylic acid groups (broad SMARTS) is 1.